The fourth-order valence-electron chi connectivity index (χ4n) is 1.48. The topological polar surface area (TPSA) is 84.7 Å². The maximum Gasteiger partial charge on any atom is 0.259 e. The van der Waals surface area contributed by atoms with E-state index < -0.39 is 0 Å². The summed E-state index contributed by atoms with van der Waals surface area (Å²) in [5, 5.41) is 3.84. The standard InChI is InChI=1S/C12H8N4O2/c17-10-5-4-8(7-14-10)12-15-11(16-18-12)9-3-1-2-6-13-9/h1-7H,(H,14,17). The number of nitrogens with zero attached hydrogens (tertiary/aromatic N) is 3. The first-order valence-electron chi connectivity index (χ1n) is 5.27. The molecule has 0 aliphatic rings. The Bertz CT molecular complexity index is 698. The van der Waals surface area contributed by atoms with Gasteiger partial charge in [-0.2, -0.15) is 4.98 Å². The Morgan fingerprint density at radius 3 is 2.83 bits per heavy atom. The molecule has 0 unspecified atom stereocenters. The van der Waals surface area contributed by atoms with E-state index in [0.29, 0.717) is 23.0 Å². The summed E-state index contributed by atoms with van der Waals surface area (Å²) in [6, 6.07) is 8.47. The average Bonchev–Trinajstić information content (AvgIpc) is 2.90. The number of hydrogen-bond acceptors (Lipinski definition) is 5. The van der Waals surface area contributed by atoms with Crippen molar-refractivity contribution in [2.45, 2.75) is 0 Å². The normalized spacial score (nSPS) is 10.4. The van der Waals surface area contributed by atoms with Crippen molar-refractivity contribution >= 4 is 0 Å². The minimum Gasteiger partial charge on any atom is -0.334 e. The zero-order valence-electron chi connectivity index (χ0n) is 9.20. The molecule has 0 aromatic carbocycles. The summed E-state index contributed by atoms with van der Waals surface area (Å²) in [5.74, 6) is 0.753. The van der Waals surface area contributed by atoms with Gasteiger partial charge in [-0.1, -0.05) is 11.2 Å². The van der Waals surface area contributed by atoms with Gasteiger partial charge in [0.2, 0.25) is 11.4 Å². The van der Waals surface area contributed by atoms with Crippen LogP contribution in [0.2, 0.25) is 0 Å². The van der Waals surface area contributed by atoms with E-state index in [1.165, 1.54) is 12.3 Å². The second-order valence-electron chi connectivity index (χ2n) is 3.58. The van der Waals surface area contributed by atoms with Gasteiger partial charge in [-0.25, -0.2) is 0 Å². The van der Waals surface area contributed by atoms with E-state index in [4.69, 9.17) is 4.52 Å². The van der Waals surface area contributed by atoms with E-state index in [9.17, 15) is 4.79 Å². The maximum absolute atomic E-state index is 10.9. The van der Waals surface area contributed by atoms with Crippen molar-refractivity contribution < 1.29 is 4.52 Å². The molecule has 0 fully saturated rings. The maximum atomic E-state index is 10.9. The highest BCUT2D eigenvalue weighted by molar-refractivity contribution is 5.55. The predicted molar refractivity (Wildman–Crippen MR) is 63.6 cm³/mol. The molecule has 1 N–H and O–H groups in total. The number of aromatic nitrogens is 4. The molecule has 0 amide bonds. The molecule has 0 radical (unpaired) electrons. The molecule has 6 heteroatoms. The van der Waals surface area contributed by atoms with Crippen LogP contribution in [-0.2, 0) is 0 Å². The lowest BCUT2D eigenvalue weighted by molar-refractivity contribution is 0.432. The number of nitrogens with one attached hydrogen (secondary N) is 1. The fourth-order valence-corrected chi connectivity index (χ4v) is 1.48. The van der Waals surface area contributed by atoms with Gasteiger partial charge >= 0.3 is 0 Å². The third kappa shape index (κ3) is 1.91. The summed E-state index contributed by atoms with van der Waals surface area (Å²) in [4.78, 5) is 21.8. The van der Waals surface area contributed by atoms with Crippen molar-refractivity contribution in [3.63, 3.8) is 0 Å². The molecular formula is C12H8N4O2. The summed E-state index contributed by atoms with van der Waals surface area (Å²) in [7, 11) is 0. The van der Waals surface area contributed by atoms with E-state index >= 15 is 0 Å². The first-order valence-corrected chi connectivity index (χ1v) is 5.27. The van der Waals surface area contributed by atoms with Gasteiger partial charge in [-0.3, -0.25) is 9.78 Å². The third-order valence-electron chi connectivity index (χ3n) is 2.35. The first kappa shape index (κ1) is 10.4. The van der Waals surface area contributed by atoms with E-state index in [0.717, 1.165) is 0 Å². The zero-order chi connectivity index (χ0) is 12.4. The van der Waals surface area contributed by atoms with Gasteiger partial charge in [0.25, 0.3) is 5.89 Å². The lowest BCUT2D eigenvalue weighted by atomic mass is 10.3. The second-order valence-corrected chi connectivity index (χ2v) is 3.58. The molecule has 0 saturated heterocycles. The molecule has 3 rings (SSSR count). The highest BCUT2D eigenvalue weighted by Gasteiger charge is 2.10. The molecule has 0 bridgehead atoms. The Hall–Kier alpha value is -2.76. The van der Waals surface area contributed by atoms with Gasteiger partial charge in [-0.15, -0.1) is 0 Å². The SMILES string of the molecule is O=c1ccc(-c2nc(-c3ccccn3)no2)c[nH]1. The van der Waals surface area contributed by atoms with Crippen molar-refractivity contribution in [1.29, 1.82) is 0 Å². The van der Waals surface area contributed by atoms with Crippen LogP contribution in [-0.4, -0.2) is 20.1 Å². The first-order chi connectivity index (χ1) is 8.83. The molecular weight excluding hydrogens is 232 g/mol. The van der Waals surface area contributed by atoms with Crippen molar-refractivity contribution in [1.82, 2.24) is 20.1 Å². The van der Waals surface area contributed by atoms with Crippen molar-refractivity contribution in [2.24, 2.45) is 0 Å². The Kier molecular flexibility index (Phi) is 2.45. The Labute approximate surface area is 101 Å². The Morgan fingerprint density at radius 2 is 2.11 bits per heavy atom. The summed E-state index contributed by atoms with van der Waals surface area (Å²) < 4.78 is 5.12. The Balaban J connectivity index is 1.99. The van der Waals surface area contributed by atoms with E-state index in [1.807, 2.05) is 12.1 Å². The lowest BCUT2D eigenvalue weighted by Gasteiger charge is -1.91. The molecule has 18 heavy (non-hydrogen) atoms. The van der Waals surface area contributed by atoms with Crippen LogP contribution in [0.4, 0.5) is 0 Å². The molecule has 0 saturated carbocycles. The van der Waals surface area contributed by atoms with E-state index in [2.05, 4.69) is 20.1 Å². The molecule has 3 heterocycles. The number of rotatable bonds is 2. The van der Waals surface area contributed by atoms with Gasteiger partial charge in [0.05, 0.1) is 5.56 Å². The number of aromatic amines is 1. The van der Waals surface area contributed by atoms with Crippen LogP contribution in [0.1, 0.15) is 0 Å². The highest BCUT2D eigenvalue weighted by Crippen LogP contribution is 2.19. The quantitative estimate of drug-likeness (QED) is 0.733. The van der Waals surface area contributed by atoms with Crippen molar-refractivity contribution in [3.05, 3.63) is 53.1 Å². The monoisotopic (exact) mass is 240 g/mol. The molecule has 0 atom stereocenters. The highest BCUT2D eigenvalue weighted by atomic mass is 16.5. The van der Waals surface area contributed by atoms with Crippen LogP contribution in [0.15, 0.2) is 52.0 Å². The van der Waals surface area contributed by atoms with Crippen molar-refractivity contribution in [2.75, 3.05) is 0 Å². The smallest absolute Gasteiger partial charge is 0.259 e. The average molecular weight is 240 g/mol. The number of hydrogen-bond donors (Lipinski definition) is 1. The lowest BCUT2D eigenvalue weighted by Crippen LogP contribution is -2.01. The van der Waals surface area contributed by atoms with Gasteiger partial charge in [0, 0.05) is 18.5 Å². The minimum atomic E-state index is -0.178. The van der Waals surface area contributed by atoms with E-state index in [-0.39, 0.29) is 5.56 Å². The van der Waals surface area contributed by atoms with Crippen molar-refractivity contribution in [3.8, 4) is 23.0 Å². The van der Waals surface area contributed by atoms with Crippen LogP contribution in [0.25, 0.3) is 23.0 Å². The molecule has 88 valence electrons. The van der Waals surface area contributed by atoms with Gasteiger partial charge in [0.15, 0.2) is 0 Å². The number of H-pyrrole nitrogens is 1. The van der Waals surface area contributed by atoms with Gasteiger partial charge in [-0.05, 0) is 18.2 Å². The largest absolute Gasteiger partial charge is 0.334 e. The van der Waals surface area contributed by atoms with Crippen LogP contribution in [0.5, 0.6) is 0 Å². The molecule has 0 aliphatic heterocycles. The third-order valence-corrected chi connectivity index (χ3v) is 2.35. The van der Waals surface area contributed by atoms with Gasteiger partial charge < -0.3 is 9.51 Å². The summed E-state index contributed by atoms with van der Waals surface area (Å²) in [6.07, 6.45) is 3.18. The van der Waals surface area contributed by atoms with Crippen LogP contribution >= 0.6 is 0 Å². The summed E-state index contributed by atoms with van der Waals surface area (Å²) in [5.41, 5.74) is 1.12. The molecule has 6 nitrogen and oxygen atoms in total. The molecule has 3 aromatic heterocycles. The summed E-state index contributed by atoms with van der Waals surface area (Å²) in [6.45, 7) is 0. The minimum absolute atomic E-state index is 0.178. The number of pyridine rings is 2. The van der Waals surface area contributed by atoms with Crippen LogP contribution < -0.4 is 5.56 Å². The second kappa shape index (κ2) is 4.25. The molecule has 0 spiro atoms. The summed E-state index contributed by atoms with van der Waals surface area (Å²) >= 11 is 0. The van der Waals surface area contributed by atoms with Crippen LogP contribution in [0, 0.1) is 0 Å². The predicted octanol–water partition coefficient (Wildman–Crippen LogP) is 1.49. The van der Waals surface area contributed by atoms with E-state index in [1.54, 1.807) is 18.3 Å². The zero-order valence-corrected chi connectivity index (χ0v) is 9.20. The molecule has 3 aromatic rings. The van der Waals surface area contributed by atoms with Gasteiger partial charge in [0.1, 0.15) is 5.69 Å². The van der Waals surface area contributed by atoms with Crippen LogP contribution in [0.3, 0.4) is 0 Å². The Morgan fingerprint density at radius 1 is 1.17 bits per heavy atom. The fraction of sp³-hybridized carbons (Fsp3) is 0. The molecule has 0 aliphatic carbocycles.